The van der Waals surface area contributed by atoms with Crippen molar-refractivity contribution >= 4 is 110 Å². The second kappa shape index (κ2) is 23.5. The summed E-state index contributed by atoms with van der Waals surface area (Å²) < 4.78 is 6.72. The molecule has 0 aliphatic carbocycles. The fourth-order valence-electron chi connectivity index (χ4n) is 10.5. The van der Waals surface area contributed by atoms with E-state index in [4.69, 9.17) is 0 Å². The van der Waals surface area contributed by atoms with E-state index in [9.17, 15) is 0 Å². The Hall–Kier alpha value is -9.34. The number of hydrogen-bond donors (Lipinski definition) is 0. The van der Waals surface area contributed by atoms with Gasteiger partial charge in [-0.3, -0.25) is 9.97 Å². The number of halogens is 2. The molecule has 14 rings (SSSR count). The highest BCUT2D eigenvalue weighted by molar-refractivity contribution is 9.11. The summed E-state index contributed by atoms with van der Waals surface area (Å²) in [6.45, 7) is 0. The average molecular weight is 1150 g/mol. The summed E-state index contributed by atoms with van der Waals surface area (Å²) in [5.74, 6) is 0. The molecular weight excluding hydrogens is 1100 g/mol. The zero-order valence-electron chi connectivity index (χ0n) is 43.0. The summed E-state index contributed by atoms with van der Waals surface area (Å²) in [7, 11) is 0. The highest BCUT2D eigenvalue weighted by atomic mass is 79.9. The molecule has 14 aromatic rings. The van der Waals surface area contributed by atoms with Gasteiger partial charge >= 0.3 is 0 Å². The molecule has 0 atom stereocenters. The Morgan fingerprint density at radius 2 is 0.608 bits per heavy atom. The van der Waals surface area contributed by atoms with Crippen LogP contribution in [-0.2, 0) is 6.42 Å². The lowest BCUT2D eigenvalue weighted by molar-refractivity contribution is 1.15. The minimum Gasteiger partial charge on any atom is -0.310 e. The van der Waals surface area contributed by atoms with Crippen LogP contribution in [0.25, 0.3) is 55.0 Å². The van der Waals surface area contributed by atoms with Crippen LogP contribution in [0.3, 0.4) is 0 Å². The number of hydrogen-bond acceptors (Lipinski definition) is 4. The van der Waals surface area contributed by atoms with Gasteiger partial charge in [0.1, 0.15) is 0 Å². The summed E-state index contributed by atoms with van der Waals surface area (Å²) in [6.07, 6.45) is 8.65. The number of aromatic nitrogens is 4. The Balaban J connectivity index is 0.000000149. The van der Waals surface area contributed by atoms with Crippen LogP contribution in [0.4, 0.5) is 34.1 Å². The molecule has 0 unspecified atom stereocenters. The molecule has 380 valence electrons. The van der Waals surface area contributed by atoms with Crippen molar-refractivity contribution in [3.05, 3.63) is 324 Å². The van der Waals surface area contributed by atoms with Crippen LogP contribution in [0, 0.1) is 0 Å². The van der Waals surface area contributed by atoms with Gasteiger partial charge in [0.05, 0.1) is 39.1 Å². The molecule has 0 saturated heterocycles. The minimum atomic E-state index is 1.03. The van der Waals surface area contributed by atoms with Gasteiger partial charge < -0.3 is 18.9 Å². The second-order valence-electron chi connectivity index (χ2n) is 19.0. The maximum absolute atomic E-state index is 4.49. The maximum atomic E-state index is 4.49. The normalized spacial score (nSPS) is 11.0. The first kappa shape index (κ1) is 50.5. The van der Waals surface area contributed by atoms with E-state index < -0.39 is 0 Å². The van der Waals surface area contributed by atoms with Gasteiger partial charge in [-0.1, -0.05) is 202 Å². The first-order valence-corrected chi connectivity index (χ1v) is 27.8. The summed E-state index contributed by atoms with van der Waals surface area (Å²) in [5.41, 5.74) is 16.0. The number of para-hydroxylation sites is 6. The van der Waals surface area contributed by atoms with E-state index in [0.29, 0.717) is 0 Å². The Morgan fingerprint density at radius 3 is 0.987 bits per heavy atom. The van der Waals surface area contributed by atoms with Gasteiger partial charge in [-0.05, 0) is 127 Å². The van der Waals surface area contributed by atoms with Crippen LogP contribution in [0.2, 0.25) is 0 Å². The molecule has 0 fully saturated rings. The molecule has 79 heavy (non-hydrogen) atoms. The number of rotatable bonds is 10. The summed E-state index contributed by atoms with van der Waals surface area (Å²) in [6, 6.07) is 97.7. The Labute approximate surface area is 477 Å². The molecule has 0 spiro atoms. The van der Waals surface area contributed by atoms with E-state index in [-0.39, 0.29) is 0 Å². The minimum absolute atomic E-state index is 1.03. The van der Waals surface area contributed by atoms with E-state index in [1.54, 1.807) is 0 Å². The fraction of sp³-hybridized carbons (Fsp3) is 0.0141. The number of nitrogens with zero attached hydrogens (tertiary/aromatic N) is 6. The van der Waals surface area contributed by atoms with Gasteiger partial charge in [0, 0.05) is 83.7 Å². The summed E-state index contributed by atoms with van der Waals surface area (Å²) in [5, 5.41) is 4.70. The van der Waals surface area contributed by atoms with Crippen LogP contribution in [0.15, 0.2) is 313 Å². The molecule has 0 aliphatic heterocycles. The highest BCUT2D eigenvalue weighted by Crippen LogP contribution is 2.43. The first-order chi connectivity index (χ1) is 39.0. The quantitative estimate of drug-likeness (QED) is 0.137. The second-order valence-corrected chi connectivity index (χ2v) is 20.8. The van der Waals surface area contributed by atoms with Gasteiger partial charge in [-0.25, -0.2) is 0 Å². The van der Waals surface area contributed by atoms with Crippen molar-refractivity contribution in [3.8, 4) is 11.4 Å². The Kier molecular flexibility index (Phi) is 15.0. The molecule has 6 nitrogen and oxygen atoms in total. The van der Waals surface area contributed by atoms with Crippen molar-refractivity contribution in [1.82, 2.24) is 19.1 Å². The van der Waals surface area contributed by atoms with Crippen LogP contribution < -0.4 is 9.80 Å². The largest absolute Gasteiger partial charge is 0.310 e. The van der Waals surface area contributed by atoms with Crippen molar-refractivity contribution in [2.24, 2.45) is 0 Å². The van der Waals surface area contributed by atoms with Gasteiger partial charge in [-0.2, -0.15) is 0 Å². The molecule has 8 heteroatoms. The van der Waals surface area contributed by atoms with Gasteiger partial charge in [-0.15, -0.1) is 0 Å². The topological polar surface area (TPSA) is 42.1 Å². The molecule has 0 N–H and O–H groups in total. The molecule has 0 bridgehead atoms. The zero-order valence-corrected chi connectivity index (χ0v) is 46.2. The van der Waals surface area contributed by atoms with Crippen LogP contribution in [0.1, 0.15) is 11.1 Å². The standard InChI is InChI=1S/C41H30N4.C17H10Br2N2.C13H12/c1-5-15-31(16-6-1)43(32-17-7-2-8-18-32)35-27-36(44(33-19-9-3-10-20-33)34-21-11-4-12-22-34)29-37(28-35)45-40-24-14-13-23-38(40)39-30-42-26-25-41(39)45;18-11-7-12(19)9-13(8-11)21-16-4-2-1-3-14(16)15-10-20-6-5-17(15)21;1-3-7-12(8-4-1)11-13-9-5-2-6-10-13/h1-30H;1-10H;1-10H,11H2. The van der Waals surface area contributed by atoms with Gasteiger partial charge in [0.25, 0.3) is 0 Å². The molecule has 4 heterocycles. The van der Waals surface area contributed by atoms with E-state index in [1.165, 1.54) is 32.8 Å². The third-order valence-electron chi connectivity index (χ3n) is 13.9. The third kappa shape index (κ3) is 11.0. The van der Waals surface area contributed by atoms with Crippen molar-refractivity contribution in [2.45, 2.75) is 6.42 Å². The molecule has 10 aromatic carbocycles. The molecule has 0 saturated carbocycles. The van der Waals surface area contributed by atoms with E-state index in [2.05, 4.69) is 334 Å². The predicted molar refractivity (Wildman–Crippen MR) is 338 cm³/mol. The molecular formula is C71H52Br2N6. The maximum Gasteiger partial charge on any atom is 0.0571 e. The average Bonchev–Trinajstić information content (AvgIpc) is 4.28. The van der Waals surface area contributed by atoms with Crippen LogP contribution in [0.5, 0.6) is 0 Å². The summed E-state index contributed by atoms with van der Waals surface area (Å²) >= 11 is 7.14. The predicted octanol–water partition coefficient (Wildman–Crippen LogP) is 20.1. The number of fused-ring (bicyclic) bond motifs is 6. The number of pyridine rings is 2. The first-order valence-electron chi connectivity index (χ1n) is 26.2. The number of benzene rings is 10. The summed E-state index contributed by atoms with van der Waals surface area (Å²) in [4.78, 5) is 13.4. The van der Waals surface area contributed by atoms with E-state index in [1.807, 2.05) is 30.9 Å². The van der Waals surface area contributed by atoms with Crippen LogP contribution in [-0.4, -0.2) is 19.1 Å². The van der Waals surface area contributed by atoms with Gasteiger partial charge in [0.2, 0.25) is 0 Å². The lowest BCUT2D eigenvalue weighted by Crippen LogP contribution is -2.14. The highest BCUT2D eigenvalue weighted by Gasteiger charge is 2.21. The Morgan fingerprint density at radius 1 is 0.291 bits per heavy atom. The monoisotopic (exact) mass is 1150 g/mol. The third-order valence-corrected chi connectivity index (χ3v) is 14.8. The van der Waals surface area contributed by atoms with E-state index in [0.717, 1.165) is 82.8 Å². The fourth-order valence-corrected chi connectivity index (χ4v) is 11.7. The molecule has 0 radical (unpaired) electrons. The SMILES string of the molecule is Brc1cc(Br)cc(-n2c3ccccc3c3cnccc32)c1.c1ccc(Cc2ccccc2)cc1.c1ccc(N(c2ccccc2)c2cc(N(c3ccccc3)c3ccccc3)cc(-n3c4ccccc4c4cnccc43)c2)cc1. The van der Waals surface area contributed by atoms with E-state index >= 15 is 0 Å². The zero-order chi connectivity index (χ0) is 53.3. The van der Waals surface area contributed by atoms with Crippen LogP contribution >= 0.6 is 31.9 Å². The lowest BCUT2D eigenvalue weighted by atomic mass is 10.1. The number of anilines is 6. The Bertz CT molecular complexity index is 3960. The lowest BCUT2D eigenvalue weighted by Gasteiger charge is -2.30. The smallest absolute Gasteiger partial charge is 0.0571 e. The molecule has 0 aliphatic rings. The van der Waals surface area contributed by atoms with Crippen molar-refractivity contribution in [3.63, 3.8) is 0 Å². The molecule has 0 amide bonds. The van der Waals surface area contributed by atoms with Gasteiger partial charge in [0.15, 0.2) is 0 Å². The van der Waals surface area contributed by atoms with Crippen molar-refractivity contribution in [2.75, 3.05) is 9.80 Å². The van der Waals surface area contributed by atoms with Crippen molar-refractivity contribution < 1.29 is 0 Å². The van der Waals surface area contributed by atoms with Crippen molar-refractivity contribution in [1.29, 1.82) is 0 Å². The molecule has 4 aromatic heterocycles.